The Hall–Kier alpha value is -2.42. The lowest BCUT2D eigenvalue weighted by Crippen LogP contribution is -2.32. The first kappa shape index (κ1) is 14.0. The Morgan fingerprint density at radius 2 is 2.00 bits per heavy atom. The van der Waals surface area contributed by atoms with Crippen LogP contribution in [0, 0.1) is 0 Å². The third-order valence-electron chi connectivity index (χ3n) is 2.48. The third-order valence-corrected chi connectivity index (χ3v) is 3.88. The molecule has 0 fully saturated rings. The first-order chi connectivity index (χ1) is 9.40. The Kier molecular flexibility index (Phi) is 3.70. The maximum absolute atomic E-state index is 11.8. The number of fused-ring (bicyclic) bond motifs is 1. The summed E-state index contributed by atoms with van der Waals surface area (Å²) in [5, 5.41) is 10.5. The number of carbonyl (C=O) groups is 2. The minimum absolute atomic E-state index is 0.0751. The van der Waals surface area contributed by atoms with Crippen molar-refractivity contribution in [3.8, 4) is 0 Å². The third kappa shape index (κ3) is 2.94. The van der Waals surface area contributed by atoms with E-state index in [1.807, 2.05) is 0 Å². The van der Waals surface area contributed by atoms with Crippen molar-refractivity contribution in [2.24, 2.45) is 4.99 Å². The largest absolute Gasteiger partial charge is 0.480 e. The number of nitrogens with zero attached hydrogens (tertiary/aromatic N) is 1. The number of carboxylic acid groups (broad SMARTS) is 1. The fraction of sp³-hybridized carbons (Fsp3) is 0.182. The number of rotatable bonds is 4. The van der Waals surface area contributed by atoms with Gasteiger partial charge in [-0.2, -0.15) is 0 Å². The monoisotopic (exact) mass is 297 g/mol. The Balaban J connectivity index is 2.13. The topological polar surface area (TPSA) is 125 Å². The lowest BCUT2D eigenvalue weighted by molar-refractivity contribution is -0.137. The quantitative estimate of drug-likeness (QED) is 0.652. The fourth-order valence-corrected chi connectivity index (χ4v) is 2.88. The molecule has 0 aromatic heterocycles. The van der Waals surface area contributed by atoms with Gasteiger partial charge in [-0.15, -0.1) is 0 Å². The number of nitrogens with one attached hydrogen (secondary N) is 2. The SMILES string of the molecule is O=C(O)CNC(=O)CN=C1NS(=O)(=O)c2ccccc21. The molecule has 1 aliphatic heterocycles. The Morgan fingerprint density at radius 3 is 2.70 bits per heavy atom. The van der Waals surface area contributed by atoms with Crippen LogP contribution in [-0.4, -0.2) is 44.3 Å². The van der Waals surface area contributed by atoms with E-state index >= 15 is 0 Å². The maximum atomic E-state index is 11.8. The van der Waals surface area contributed by atoms with E-state index in [4.69, 9.17) is 5.11 Å². The zero-order valence-corrected chi connectivity index (χ0v) is 11.0. The molecule has 0 saturated heterocycles. The molecule has 0 unspecified atom stereocenters. The van der Waals surface area contributed by atoms with E-state index < -0.39 is 28.4 Å². The summed E-state index contributed by atoms with van der Waals surface area (Å²) in [7, 11) is -3.63. The molecule has 0 bridgehead atoms. The molecule has 0 aliphatic carbocycles. The second-order valence-corrected chi connectivity index (χ2v) is 5.59. The molecular formula is C11H11N3O5S. The molecule has 1 aromatic rings. The van der Waals surface area contributed by atoms with Gasteiger partial charge in [0.05, 0.1) is 4.90 Å². The van der Waals surface area contributed by atoms with Crippen LogP contribution in [-0.2, 0) is 19.6 Å². The maximum Gasteiger partial charge on any atom is 0.322 e. The van der Waals surface area contributed by atoms with Gasteiger partial charge in [0, 0.05) is 5.56 Å². The highest BCUT2D eigenvalue weighted by Gasteiger charge is 2.30. The summed E-state index contributed by atoms with van der Waals surface area (Å²) >= 11 is 0. The number of aliphatic imine (C=N–C) groups is 1. The second-order valence-electron chi connectivity index (χ2n) is 3.94. The number of amidine groups is 1. The van der Waals surface area contributed by atoms with E-state index in [-0.39, 0.29) is 17.3 Å². The van der Waals surface area contributed by atoms with E-state index in [9.17, 15) is 18.0 Å². The predicted octanol–water partition coefficient (Wildman–Crippen LogP) is -1.07. The molecule has 0 spiro atoms. The molecule has 0 atom stereocenters. The number of benzene rings is 1. The van der Waals surface area contributed by atoms with Crippen LogP contribution >= 0.6 is 0 Å². The lowest BCUT2D eigenvalue weighted by Gasteiger charge is -2.00. The molecule has 1 aliphatic rings. The average molecular weight is 297 g/mol. The molecule has 106 valence electrons. The zero-order chi connectivity index (χ0) is 14.8. The Bertz CT molecular complexity index is 696. The van der Waals surface area contributed by atoms with Gasteiger partial charge in [0.2, 0.25) is 5.91 Å². The molecule has 1 amide bonds. The van der Waals surface area contributed by atoms with Crippen LogP contribution in [0.15, 0.2) is 34.2 Å². The van der Waals surface area contributed by atoms with Gasteiger partial charge in [0.25, 0.3) is 10.0 Å². The van der Waals surface area contributed by atoms with Crippen molar-refractivity contribution in [2.75, 3.05) is 13.1 Å². The number of hydrogen-bond donors (Lipinski definition) is 3. The molecule has 2 rings (SSSR count). The summed E-state index contributed by atoms with van der Waals surface area (Å²) in [6.45, 7) is -0.870. The number of carboxylic acids is 1. The number of hydrogen-bond acceptors (Lipinski definition) is 5. The first-order valence-corrected chi connectivity index (χ1v) is 7.03. The van der Waals surface area contributed by atoms with Gasteiger partial charge >= 0.3 is 5.97 Å². The number of sulfonamides is 1. The van der Waals surface area contributed by atoms with Crippen LogP contribution in [0.1, 0.15) is 5.56 Å². The standard InChI is InChI=1S/C11H11N3O5S/c15-9(12-6-10(16)17)5-13-11-7-3-1-2-4-8(7)20(18,19)14-11/h1-4H,5-6H2,(H,12,15)(H,13,14)(H,16,17). The number of amides is 1. The van der Waals surface area contributed by atoms with E-state index in [0.717, 1.165) is 0 Å². The van der Waals surface area contributed by atoms with E-state index in [0.29, 0.717) is 5.56 Å². The number of carbonyl (C=O) groups excluding carboxylic acids is 1. The fourth-order valence-electron chi connectivity index (χ4n) is 1.63. The Morgan fingerprint density at radius 1 is 1.30 bits per heavy atom. The number of aliphatic carboxylic acids is 1. The summed E-state index contributed by atoms with van der Waals surface area (Å²) in [5.41, 5.74) is 0.388. The molecule has 0 radical (unpaired) electrons. The van der Waals surface area contributed by atoms with E-state index in [1.54, 1.807) is 18.2 Å². The summed E-state index contributed by atoms with van der Waals surface area (Å²) in [6, 6.07) is 6.24. The minimum atomic E-state index is -3.63. The van der Waals surface area contributed by atoms with Crippen LogP contribution in [0.3, 0.4) is 0 Å². The smallest absolute Gasteiger partial charge is 0.322 e. The van der Waals surface area contributed by atoms with Crippen molar-refractivity contribution in [3.63, 3.8) is 0 Å². The van der Waals surface area contributed by atoms with Crippen molar-refractivity contribution >= 4 is 27.7 Å². The molecule has 1 aromatic carbocycles. The molecule has 3 N–H and O–H groups in total. The molecule has 0 saturated carbocycles. The van der Waals surface area contributed by atoms with E-state index in [1.165, 1.54) is 6.07 Å². The predicted molar refractivity (Wildman–Crippen MR) is 68.8 cm³/mol. The summed E-state index contributed by atoms with van der Waals surface area (Å²) in [5.74, 6) is -1.70. The van der Waals surface area contributed by atoms with Crippen molar-refractivity contribution in [1.29, 1.82) is 0 Å². The highest BCUT2D eigenvalue weighted by Crippen LogP contribution is 2.21. The van der Waals surface area contributed by atoms with Crippen LogP contribution in [0.5, 0.6) is 0 Å². The molecule has 20 heavy (non-hydrogen) atoms. The molecular weight excluding hydrogens is 286 g/mol. The van der Waals surface area contributed by atoms with Gasteiger partial charge in [-0.3, -0.25) is 19.3 Å². The highest BCUT2D eigenvalue weighted by atomic mass is 32.2. The lowest BCUT2D eigenvalue weighted by atomic mass is 10.2. The normalized spacial score (nSPS) is 17.3. The van der Waals surface area contributed by atoms with Gasteiger partial charge in [-0.05, 0) is 12.1 Å². The van der Waals surface area contributed by atoms with Crippen LogP contribution < -0.4 is 10.0 Å². The van der Waals surface area contributed by atoms with Gasteiger partial charge in [0.15, 0.2) is 0 Å². The van der Waals surface area contributed by atoms with Crippen LogP contribution in [0.2, 0.25) is 0 Å². The highest BCUT2D eigenvalue weighted by molar-refractivity contribution is 7.90. The van der Waals surface area contributed by atoms with Gasteiger partial charge in [0.1, 0.15) is 18.9 Å². The second kappa shape index (κ2) is 5.29. The first-order valence-electron chi connectivity index (χ1n) is 5.55. The van der Waals surface area contributed by atoms with Crippen molar-refractivity contribution in [2.45, 2.75) is 4.90 Å². The molecule has 8 nitrogen and oxygen atoms in total. The van der Waals surface area contributed by atoms with Crippen molar-refractivity contribution < 1.29 is 23.1 Å². The summed E-state index contributed by atoms with van der Waals surface area (Å²) < 4.78 is 25.7. The van der Waals surface area contributed by atoms with Crippen LogP contribution in [0.25, 0.3) is 0 Å². The van der Waals surface area contributed by atoms with E-state index in [2.05, 4.69) is 15.0 Å². The minimum Gasteiger partial charge on any atom is -0.480 e. The van der Waals surface area contributed by atoms with Crippen molar-refractivity contribution in [3.05, 3.63) is 29.8 Å². The summed E-state index contributed by atoms with van der Waals surface area (Å²) in [4.78, 5) is 25.6. The average Bonchev–Trinajstić information content (AvgIpc) is 2.66. The zero-order valence-electron chi connectivity index (χ0n) is 10.2. The molecule has 9 heteroatoms. The van der Waals surface area contributed by atoms with Gasteiger partial charge in [-0.1, -0.05) is 12.1 Å². The van der Waals surface area contributed by atoms with Crippen LogP contribution in [0.4, 0.5) is 0 Å². The Labute approximate surface area is 114 Å². The van der Waals surface area contributed by atoms with Crippen molar-refractivity contribution in [1.82, 2.24) is 10.0 Å². The summed E-state index contributed by atoms with van der Waals surface area (Å²) in [6.07, 6.45) is 0. The van der Waals surface area contributed by atoms with Gasteiger partial charge < -0.3 is 10.4 Å². The molecule has 1 heterocycles. The van der Waals surface area contributed by atoms with Gasteiger partial charge in [-0.25, -0.2) is 8.42 Å².